The van der Waals surface area contributed by atoms with Crippen LogP contribution in [0, 0.1) is 19.8 Å². The molecule has 1 atom stereocenters. The number of nitrogens with zero attached hydrogens (tertiary/aromatic N) is 4. The van der Waals surface area contributed by atoms with Gasteiger partial charge in [0.05, 0.1) is 6.61 Å². The van der Waals surface area contributed by atoms with Crippen molar-refractivity contribution in [3.63, 3.8) is 0 Å². The van der Waals surface area contributed by atoms with Crippen molar-refractivity contribution < 1.29 is 19.4 Å². The molecule has 2 aliphatic heterocycles. The normalized spacial score (nSPS) is 18.0. The monoisotopic (exact) mass is 595 g/mol. The Bertz CT molecular complexity index is 1240. The first-order valence-electron chi connectivity index (χ1n) is 15.6. The average Bonchev–Trinajstić information content (AvgIpc) is 3.01. The lowest BCUT2D eigenvalue weighted by molar-refractivity contribution is -0.139. The number of carboxylic acids is 1. The van der Waals surface area contributed by atoms with Gasteiger partial charge in [-0.1, -0.05) is 45.6 Å². The summed E-state index contributed by atoms with van der Waals surface area (Å²) >= 11 is 0. The van der Waals surface area contributed by atoms with Crippen LogP contribution in [0.15, 0.2) is 12.1 Å². The van der Waals surface area contributed by atoms with Gasteiger partial charge < -0.3 is 30.7 Å². The SMILES string of the molecule is C.Cc1nc(NC[C@H](NC(=O)OCCC2CCCCC2)C(=O)O)c(C)c(N2CCC(c3ccc4c(n3)NCCC4)CC2)n1. The number of ether oxygens (including phenoxy) is 1. The minimum Gasteiger partial charge on any atom is -0.480 e. The van der Waals surface area contributed by atoms with Crippen molar-refractivity contribution in [2.75, 3.05) is 48.3 Å². The number of rotatable bonds is 10. The molecule has 1 saturated heterocycles. The number of nitrogens with one attached hydrogen (secondary N) is 3. The maximum Gasteiger partial charge on any atom is 0.407 e. The van der Waals surface area contributed by atoms with Gasteiger partial charge >= 0.3 is 12.1 Å². The Morgan fingerprint density at radius 2 is 1.84 bits per heavy atom. The number of anilines is 3. The van der Waals surface area contributed by atoms with E-state index < -0.39 is 18.1 Å². The summed E-state index contributed by atoms with van der Waals surface area (Å²) in [6.07, 6.45) is 10.4. The van der Waals surface area contributed by atoms with Crippen LogP contribution in [0.1, 0.15) is 93.8 Å². The standard InChI is InChI=1S/C31H45N7O4.CH4/c1-20-27(33-19-26(30(39)40)37-31(41)42-18-14-22-7-4-3-5-8-22)34-21(2)35-29(20)38-16-12-23(13-17-38)25-11-10-24-9-6-15-32-28(24)36-25;/h10-11,22-23,26H,3-9,12-19H2,1-2H3,(H,32,36)(H,37,41)(H,39,40)(H,33,34,35);1H4/t26-;/m0./s1. The predicted molar refractivity (Wildman–Crippen MR) is 169 cm³/mol. The number of aromatic nitrogens is 3. The van der Waals surface area contributed by atoms with E-state index in [2.05, 4.69) is 38.0 Å². The molecule has 4 heterocycles. The molecule has 2 aromatic heterocycles. The molecule has 0 spiro atoms. The number of aliphatic carboxylic acids is 1. The van der Waals surface area contributed by atoms with Crippen LogP contribution in [0.3, 0.4) is 0 Å². The topological polar surface area (TPSA) is 142 Å². The molecule has 1 aliphatic carbocycles. The van der Waals surface area contributed by atoms with E-state index in [0.29, 0.717) is 30.1 Å². The van der Waals surface area contributed by atoms with Gasteiger partial charge in [0.25, 0.3) is 0 Å². The summed E-state index contributed by atoms with van der Waals surface area (Å²) in [5.74, 6) is 2.92. The van der Waals surface area contributed by atoms with E-state index in [0.717, 1.165) is 74.6 Å². The van der Waals surface area contributed by atoms with Crippen molar-refractivity contribution in [3.8, 4) is 0 Å². The molecule has 0 aromatic carbocycles. The van der Waals surface area contributed by atoms with Gasteiger partial charge in [0, 0.05) is 43.4 Å². The number of amides is 1. The Hall–Kier alpha value is -3.63. The molecule has 0 radical (unpaired) electrons. The van der Waals surface area contributed by atoms with Crippen molar-refractivity contribution in [2.24, 2.45) is 5.92 Å². The first kappa shape index (κ1) is 32.3. The van der Waals surface area contributed by atoms with Crippen molar-refractivity contribution >= 4 is 29.5 Å². The highest BCUT2D eigenvalue weighted by molar-refractivity contribution is 5.80. The summed E-state index contributed by atoms with van der Waals surface area (Å²) < 4.78 is 5.31. The molecular formula is C32H49N7O4. The number of carbonyl (C=O) groups is 2. The quantitative estimate of drug-likeness (QED) is 0.281. The number of aryl methyl sites for hydroxylation is 2. The van der Waals surface area contributed by atoms with Crippen molar-refractivity contribution in [1.82, 2.24) is 20.3 Å². The number of alkyl carbamates (subject to hydrolysis) is 1. The lowest BCUT2D eigenvalue weighted by Crippen LogP contribution is -2.45. The minimum absolute atomic E-state index is 0. The largest absolute Gasteiger partial charge is 0.480 e. The summed E-state index contributed by atoms with van der Waals surface area (Å²) in [4.78, 5) is 40.7. The Balaban J connectivity index is 0.00000423. The van der Waals surface area contributed by atoms with E-state index in [-0.39, 0.29) is 14.0 Å². The molecule has 4 N–H and O–H groups in total. The Morgan fingerprint density at radius 3 is 2.58 bits per heavy atom. The average molecular weight is 596 g/mol. The van der Waals surface area contributed by atoms with Crippen LogP contribution < -0.4 is 20.9 Å². The first-order valence-corrected chi connectivity index (χ1v) is 15.6. The van der Waals surface area contributed by atoms with Gasteiger partial charge in [0.15, 0.2) is 0 Å². The van der Waals surface area contributed by atoms with Crippen LogP contribution >= 0.6 is 0 Å². The van der Waals surface area contributed by atoms with Crippen molar-refractivity contribution in [2.45, 2.75) is 97.4 Å². The third-order valence-corrected chi connectivity index (χ3v) is 8.91. The Morgan fingerprint density at radius 1 is 1.07 bits per heavy atom. The van der Waals surface area contributed by atoms with Crippen molar-refractivity contribution in [1.29, 1.82) is 0 Å². The van der Waals surface area contributed by atoms with E-state index in [1.54, 1.807) is 0 Å². The third-order valence-electron chi connectivity index (χ3n) is 8.91. The summed E-state index contributed by atoms with van der Waals surface area (Å²) in [6, 6.07) is 3.26. The van der Waals surface area contributed by atoms with Crippen LogP contribution in [-0.2, 0) is 16.0 Å². The van der Waals surface area contributed by atoms with Crippen LogP contribution in [0.2, 0.25) is 0 Å². The van der Waals surface area contributed by atoms with Gasteiger partial charge in [-0.05, 0) is 63.5 Å². The van der Waals surface area contributed by atoms with Crippen LogP contribution in [0.4, 0.5) is 22.2 Å². The molecular weight excluding hydrogens is 546 g/mol. The van der Waals surface area contributed by atoms with E-state index >= 15 is 0 Å². The lowest BCUT2D eigenvalue weighted by atomic mass is 9.87. The highest BCUT2D eigenvalue weighted by Gasteiger charge is 2.27. The maximum atomic E-state index is 12.3. The second-order valence-electron chi connectivity index (χ2n) is 11.9. The predicted octanol–water partition coefficient (Wildman–Crippen LogP) is 5.43. The van der Waals surface area contributed by atoms with Gasteiger partial charge in [-0.2, -0.15) is 0 Å². The summed E-state index contributed by atoms with van der Waals surface area (Å²) in [7, 11) is 0. The molecule has 43 heavy (non-hydrogen) atoms. The van der Waals surface area contributed by atoms with Gasteiger partial charge in [0.2, 0.25) is 0 Å². The summed E-state index contributed by atoms with van der Waals surface area (Å²) in [6.45, 7) is 6.74. The summed E-state index contributed by atoms with van der Waals surface area (Å²) in [5, 5.41) is 18.8. The van der Waals surface area contributed by atoms with Gasteiger partial charge in [-0.25, -0.2) is 24.5 Å². The lowest BCUT2D eigenvalue weighted by Gasteiger charge is -2.34. The molecule has 11 nitrogen and oxygen atoms in total. The molecule has 0 unspecified atom stereocenters. The third kappa shape index (κ3) is 8.48. The number of pyridine rings is 1. The fraction of sp³-hybridized carbons (Fsp3) is 0.656. The summed E-state index contributed by atoms with van der Waals surface area (Å²) in [5.41, 5.74) is 3.32. The highest BCUT2D eigenvalue weighted by Crippen LogP contribution is 2.33. The van der Waals surface area contributed by atoms with Crippen LogP contribution in [0.25, 0.3) is 0 Å². The molecule has 3 aliphatic rings. The number of hydrogen-bond donors (Lipinski definition) is 4. The zero-order valence-electron chi connectivity index (χ0n) is 25.0. The van der Waals surface area contributed by atoms with Crippen LogP contribution in [-0.4, -0.2) is 70.9 Å². The molecule has 2 aromatic rings. The smallest absolute Gasteiger partial charge is 0.407 e. The number of piperidine rings is 1. The maximum absolute atomic E-state index is 12.3. The molecule has 11 heteroatoms. The number of fused-ring (bicyclic) bond motifs is 1. The second-order valence-corrected chi connectivity index (χ2v) is 11.9. The van der Waals surface area contributed by atoms with Gasteiger partial charge in [-0.15, -0.1) is 0 Å². The zero-order chi connectivity index (χ0) is 29.5. The van der Waals surface area contributed by atoms with Crippen LogP contribution in [0.5, 0.6) is 0 Å². The second kappa shape index (κ2) is 15.2. The fourth-order valence-electron chi connectivity index (χ4n) is 6.43. The Kier molecular flexibility index (Phi) is 11.4. The molecule has 236 valence electrons. The molecule has 1 saturated carbocycles. The number of hydrogen-bond acceptors (Lipinski definition) is 9. The number of carbonyl (C=O) groups excluding carboxylic acids is 1. The minimum atomic E-state index is -1.15. The van der Waals surface area contributed by atoms with E-state index in [4.69, 9.17) is 14.7 Å². The van der Waals surface area contributed by atoms with E-state index in [1.165, 1.54) is 37.7 Å². The highest BCUT2D eigenvalue weighted by atomic mass is 16.5. The number of carboxylic acid groups (broad SMARTS) is 1. The van der Waals surface area contributed by atoms with E-state index in [9.17, 15) is 14.7 Å². The van der Waals surface area contributed by atoms with Crippen molar-refractivity contribution in [3.05, 3.63) is 34.8 Å². The molecule has 1 amide bonds. The van der Waals surface area contributed by atoms with E-state index in [1.807, 2.05) is 13.8 Å². The molecule has 5 rings (SSSR count). The molecule has 2 fully saturated rings. The molecule has 0 bridgehead atoms. The fourth-order valence-corrected chi connectivity index (χ4v) is 6.43. The van der Waals surface area contributed by atoms with Gasteiger partial charge in [0.1, 0.15) is 29.3 Å². The first-order chi connectivity index (χ1) is 20.4. The Labute approximate surface area is 255 Å². The zero-order valence-corrected chi connectivity index (χ0v) is 25.0. The van der Waals surface area contributed by atoms with Gasteiger partial charge in [-0.3, -0.25) is 0 Å².